The molecule has 4 rings (SSSR count). The van der Waals surface area contributed by atoms with Crippen molar-refractivity contribution in [1.29, 1.82) is 0 Å². The highest BCUT2D eigenvalue weighted by Crippen LogP contribution is 2.32. The van der Waals surface area contributed by atoms with Crippen LogP contribution in [0.4, 0.5) is 0 Å². The number of carbonyl (C=O) groups excluding carboxylic acids is 2. The van der Waals surface area contributed by atoms with E-state index in [0.29, 0.717) is 5.92 Å². The average molecular weight is 397 g/mol. The molecule has 2 aliphatic carbocycles. The first-order valence-electron chi connectivity index (χ1n) is 11.9. The predicted molar refractivity (Wildman–Crippen MR) is 116 cm³/mol. The molecule has 1 aromatic rings. The Morgan fingerprint density at radius 3 is 1.97 bits per heavy atom. The summed E-state index contributed by atoms with van der Waals surface area (Å²) in [5.41, 5.74) is 2.19. The zero-order valence-corrected chi connectivity index (χ0v) is 17.7. The van der Waals surface area contributed by atoms with Crippen LogP contribution in [0.2, 0.25) is 0 Å². The molecule has 1 aliphatic heterocycles. The van der Waals surface area contributed by atoms with Crippen molar-refractivity contribution in [3.05, 3.63) is 35.4 Å². The van der Waals surface area contributed by atoms with Gasteiger partial charge >= 0.3 is 0 Å². The minimum Gasteiger partial charge on any atom is -0.353 e. The van der Waals surface area contributed by atoms with E-state index in [4.69, 9.17) is 0 Å². The zero-order valence-electron chi connectivity index (χ0n) is 17.7. The van der Waals surface area contributed by atoms with Gasteiger partial charge in [0, 0.05) is 30.6 Å². The summed E-state index contributed by atoms with van der Waals surface area (Å²) >= 11 is 0. The first kappa shape index (κ1) is 20.4. The van der Waals surface area contributed by atoms with E-state index in [1.165, 1.54) is 56.9 Å². The molecule has 0 atom stereocenters. The maximum absolute atomic E-state index is 12.9. The molecular formula is C25H36N2O2. The molecule has 0 radical (unpaired) electrons. The molecule has 0 bridgehead atoms. The Balaban J connectivity index is 1.25. The van der Waals surface area contributed by atoms with Gasteiger partial charge in [-0.2, -0.15) is 0 Å². The molecule has 3 aliphatic rings. The fourth-order valence-corrected chi connectivity index (χ4v) is 5.43. The van der Waals surface area contributed by atoms with Crippen LogP contribution in [0.25, 0.3) is 0 Å². The third-order valence-corrected chi connectivity index (χ3v) is 7.34. The molecule has 1 heterocycles. The first-order chi connectivity index (χ1) is 14.2. The Labute approximate surface area is 175 Å². The van der Waals surface area contributed by atoms with Gasteiger partial charge in [0.15, 0.2) is 0 Å². The fraction of sp³-hybridized carbons (Fsp3) is 0.680. The van der Waals surface area contributed by atoms with Crippen molar-refractivity contribution < 1.29 is 9.59 Å². The van der Waals surface area contributed by atoms with Gasteiger partial charge in [0.25, 0.3) is 5.91 Å². The minimum absolute atomic E-state index is 0.136. The van der Waals surface area contributed by atoms with Crippen molar-refractivity contribution in [2.75, 3.05) is 13.1 Å². The number of nitrogens with zero attached hydrogens (tertiary/aromatic N) is 1. The van der Waals surface area contributed by atoms with E-state index >= 15 is 0 Å². The second-order valence-electron chi connectivity index (χ2n) is 9.37. The standard InChI is InChI=1S/C25H36N2O2/c28-24(21-9-5-2-6-10-21)26-23-15-17-27(18-16-23)25(29)22-13-11-20(12-14-22)19-7-3-1-4-8-19/h11-14,19,21,23H,1-10,15-18H2,(H,26,28). The number of rotatable bonds is 4. The summed E-state index contributed by atoms with van der Waals surface area (Å²) in [6.07, 6.45) is 14.1. The molecule has 0 unspecified atom stereocenters. The topological polar surface area (TPSA) is 49.4 Å². The van der Waals surface area contributed by atoms with Crippen LogP contribution in [0, 0.1) is 5.92 Å². The van der Waals surface area contributed by atoms with E-state index in [2.05, 4.69) is 17.4 Å². The Morgan fingerprint density at radius 1 is 0.759 bits per heavy atom. The molecule has 1 saturated heterocycles. The van der Waals surface area contributed by atoms with Gasteiger partial charge in [0.05, 0.1) is 0 Å². The van der Waals surface area contributed by atoms with Gasteiger partial charge < -0.3 is 10.2 Å². The summed E-state index contributed by atoms with van der Waals surface area (Å²) in [5.74, 6) is 1.27. The van der Waals surface area contributed by atoms with Crippen molar-refractivity contribution in [3.8, 4) is 0 Å². The van der Waals surface area contributed by atoms with Crippen LogP contribution in [0.1, 0.15) is 98.9 Å². The molecule has 0 aromatic heterocycles. The number of piperidine rings is 1. The van der Waals surface area contributed by atoms with E-state index in [1.54, 1.807) is 0 Å². The monoisotopic (exact) mass is 396 g/mol. The van der Waals surface area contributed by atoms with Gasteiger partial charge in [-0.1, -0.05) is 50.7 Å². The summed E-state index contributed by atoms with van der Waals surface area (Å²) in [7, 11) is 0. The van der Waals surface area contributed by atoms with Crippen molar-refractivity contribution in [1.82, 2.24) is 10.2 Å². The third-order valence-electron chi connectivity index (χ3n) is 7.34. The van der Waals surface area contributed by atoms with Gasteiger partial charge in [-0.05, 0) is 62.1 Å². The van der Waals surface area contributed by atoms with Crippen LogP contribution < -0.4 is 5.32 Å². The van der Waals surface area contributed by atoms with Crippen molar-refractivity contribution in [2.24, 2.45) is 5.92 Å². The maximum Gasteiger partial charge on any atom is 0.253 e. The summed E-state index contributed by atoms with van der Waals surface area (Å²) in [5, 5.41) is 3.25. The van der Waals surface area contributed by atoms with Crippen LogP contribution in [-0.2, 0) is 4.79 Å². The zero-order chi connectivity index (χ0) is 20.1. The summed E-state index contributed by atoms with van der Waals surface area (Å²) < 4.78 is 0. The second kappa shape index (κ2) is 9.77. The van der Waals surface area contributed by atoms with E-state index in [0.717, 1.165) is 44.3 Å². The number of likely N-dealkylation sites (tertiary alicyclic amines) is 1. The van der Waals surface area contributed by atoms with E-state index < -0.39 is 0 Å². The lowest BCUT2D eigenvalue weighted by Gasteiger charge is -2.33. The highest BCUT2D eigenvalue weighted by Gasteiger charge is 2.27. The number of carbonyl (C=O) groups is 2. The maximum atomic E-state index is 12.9. The molecule has 4 nitrogen and oxygen atoms in total. The molecule has 29 heavy (non-hydrogen) atoms. The molecule has 158 valence electrons. The highest BCUT2D eigenvalue weighted by atomic mass is 16.2. The lowest BCUT2D eigenvalue weighted by atomic mass is 9.84. The van der Waals surface area contributed by atoms with Crippen molar-refractivity contribution in [3.63, 3.8) is 0 Å². The van der Waals surface area contributed by atoms with Gasteiger partial charge in [0.1, 0.15) is 0 Å². The van der Waals surface area contributed by atoms with Crippen LogP contribution in [0.5, 0.6) is 0 Å². The minimum atomic E-state index is 0.136. The number of hydrogen-bond donors (Lipinski definition) is 1. The van der Waals surface area contributed by atoms with Gasteiger partial charge in [0.2, 0.25) is 5.91 Å². The summed E-state index contributed by atoms with van der Waals surface area (Å²) in [4.78, 5) is 27.3. The molecule has 3 fully saturated rings. The first-order valence-corrected chi connectivity index (χ1v) is 11.9. The number of benzene rings is 1. The van der Waals surface area contributed by atoms with E-state index in [-0.39, 0.29) is 23.8 Å². The lowest BCUT2D eigenvalue weighted by Crippen LogP contribution is -2.48. The van der Waals surface area contributed by atoms with Gasteiger partial charge in [-0.15, -0.1) is 0 Å². The van der Waals surface area contributed by atoms with Gasteiger partial charge in [-0.25, -0.2) is 0 Å². The Morgan fingerprint density at radius 2 is 1.34 bits per heavy atom. The molecular weight excluding hydrogens is 360 g/mol. The SMILES string of the molecule is O=C(NC1CCN(C(=O)c2ccc(C3CCCCC3)cc2)CC1)C1CCCCC1. The lowest BCUT2D eigenvalue weighted by molar-refractivity contribution is -0.126. The molecule has 2 amide bonds. The van der Waals surface area contributed by atoms with Crippen LogP contribution in [-0.4, -0.2) is 35.8 Å². The smallest absolute Gasteiger partial charge is 0.253 e. The normalized spacial score (nSPS) is 22.4. The van der Waals surface area contributed by atoms with Crippen molar-refractivity contribution in [2.45, 2.75) is 89.0 Å². The highest BCUT2D eigenvalue weighted by molar-refractivity contribution is 5.94. The Kier molecular flexibility index (Phi) is 6.89. The average Bonchev–Trinajstić information content (AvgIpc) is 2.80. The molecule has 0 spiro atoms. The molecule has 4 heteroatoms. The van der Waals surface area contributed by atoms with Crippen molar-refractivity contribution >= 4 is 11.8 Å². The molecule has 1 aromatic carbocycles. The largest absolute Gasteiger partial charge is 0.353 e. The molecule has 2 saturated carbocycles. The van der Waals surface area contributed by atoms with E-state index in [1.807, 2.05) is 17.0 Å². The predicted octanol–water partition coefficient (Wildman–Crippen LogP) is 5.04. The number of nitrogens with one attached hydrogen (secondary N) is 1. The van der Waals surface area contributed by atoms with Crippen LogP contribution in [0.3, 0.4) is 0 Å². The van der Waals surface area contributed by atoms with Crippen LogP contribution in [0.15, 0.2) is 24.3 Å². The van der Waals surface area contributed by atoms with Crippen LogP contribution >= 0.6 is 0 Å². The fourth-order valence-electron chi connectivity index (χ4n) is 5.43. The second-order valence-corrected chi connectivity index (χ2v) is 9.37. The number of hydrogen-bond acceptors (Lipinski definition) is 2. The summed E-state index contributed by atoms with van der Waals surface area (Å²) in [6, 6.07) is 8.59. The molecule has 1 N–H and O–H groups in total. The van der Waals surface area contributed by atoms with Gasteiger partial charge in [-0.3, -0.25) is 9.59 Å². The summed E-state index contributed by atoms with van der Waals surface area (Å²) in [6.45, 7) is 1.47. The quantitative estimate of drug-likeness (QED) is 0.775. The number of amides is 2. The third kappa shape index (κ3) is 5.21. The Bertz CT molecular complexity index is 679. The van der Waals surface area contributed by atoms with E-state index in [9.17, 15) is 9.59 Å². The Hall–Kier alpha value is -1.84.